The van der Waals surface area contributed by atoms with Crippen LogP contribution < -0.4 is 5.73 Å². The largest absolute Gasteiger partial charge is 0.388 e. The molecule has 1 heterocycles. The Morgan fingerprint density at radius 2 is 2.15 bits per heavy atom. The number of benzene rings is 1. The summed E-state index contributed by atoms with van der Waals surface area (Å²) in [6, 6.07) is 9.66. The fourth-order valence-corrected chi connectivity index (χ4v) is 2.87. The van der Waals surface area contributed by atoms with Crippen molar-refractivity contribution in [3.8, 4) is 0 Å². The number of hydrogen-bond donors (Lipinski definition) is 2. The van der Waals surface area contributed by atoms with Crippen molar-refractivity contribution in [2.24, 2.45) is 5.73 Å². The lowest BCUT2D eigenvalue weighted by Crippen LogP contribution is -2.39. The number of likely N-dealkylation sites (tertiary alicyclic amines) is 1. The first-order chi connectivity index (χ1) is 9.58. The van der Waals surface area contributed by atoms with Gasteiger partial charge in [0.2, 0.25) is 5.91 Å². The molecule has 0 spiro atoms. The Labute approximate surface area is 120 Å². The molecule has 1 amide bonds. The number of rotatable bonds is 5. The van der Waals surface area contributed by atoms with Crippen LogP contribution in [0.3, 0.4) is 0 Å². The van der Waals surface area contributed by atoms with Crippen molar-refractivity contribution in [3.63, 3.8) is 0 Å². The first kappa shape index (κ1) is 15.0. The molecule has 2 rings (SSSR count). The molecule has 110 valence electrons. The van der Waals surface area contributed by atoms with Gasteiger partial charge in [-0.05, 0) is 31.7 Å². The van der Waals surface area contributed by atoms with Gasteiger partial charge >= 0.3 is 0 Å². The van der Waals surface area contributed by atoms with Gasteiger partial charge in [0.25, 0.3) is 0 Å². The van der Waals surface area contributed by atoms with Crippen LogP contribution in [0.15, 0.2) is 30.3 Å². The first-order valence-electron chi connectivity index (χ1n) is 7.36. The van der Waals surface area contributed by atoms with Crippen LogP contribution in [0.1, 0.15) is 44.3 Å². The average molecular weight is 276 g/mol. The van der Waals surface area contributed by atoms with Gasteiger partial charge in [-0.3, -0.25) is 4.79 Å². The van der Waals surface area contributed by atoms with E-state index in [0.717, 1.165) is 24.9 Å². The maximum absolute atomic E-state index is 12.1. The highest BCUT2D eigenvalue weighted by Crippen LogP contribution is 2.27. The molecular weight excluding hydrogens is 252 g/mol. The Hall–Kier alpha value is -1.39. The van der Waals surface area contributed by atoms with Crippen molar-refractivity contribution in [2.75, 3.05) is 6.54 Å². The summed E-state index contributed by atoms with van der Waals surface area (Å²) in [5.41, 5.74) is 6.62. The zero-order valence-electron chi connectivity index (χ0n) is 12.0. The van der Waals surface area contributed by atoms with Crippen LogP contribution in [0.5, 0.6) is 0 Å². The van der Waals surface area contributed by atoms with E-state index in [4.69, 9.17) is 5.73 Å². The number of carbonyl (C=O) groups is 1. The van der Waals surface area contributed by atoms with Gasteiger partial charge in [0.15, 0.2) is 0 Å². The number of aliphatic hydroxyl groups excluding tert-OH is 1. The van der Waals surface area contributed by atoms with Crippen LogP contribution in [0, 0.1) is 0 Å². The summed E-state index contributed by atoms with van der Waals surface area (Å²) in [5.74, 6) is 0.114. The summed E-state index contributed by atoms with van der Waals surface area (Å²) in [5, 5.41) is 10.3. The van der Waals surface area contributed by atoms with E-state index < -0.39 is 6.10 Å². The summed E-state index contributed by atoms with van der Waals surface area (Å²) >= 11 is 0. The molecule has 3 atom stereocenters. The van der Waals surface area contributed by atoms with E-state index in [1.807, 2.05) is 42.2 Å². The molecule has 0 bridgehead atoms. The van der Waals surface area contributed by atoms with Crippen LogP contribution in [-0.2, 0) is 4.79 Å². The maximum atomic E-state index is 12.1. The molecule has 3 N–H and O–H groups in total. The van der Waals surface area contributed by atoms with Gasteiger partial charge in [-0.2, -0.15) is 0 Å². The Bertz CT molecular complexity index is 433. The van der Waals surface area contributed by atoms with Crippen molar-refractivity contribution in [3.05, 3.63) is 35.9 Å². The van der Waals surface area contributed by atoms with Gasteiger partial charge in [0, 0.05) is 25.0 Å². The van der Waals surface area contributed by atoms with E-state index in [9.17, 15) is 9.90 Å². The third kappa shape index (κ3) is 3.81. The zero-order valence-corrected chi connectivity index (χ0v) is 12.0. The Balaban J connectivity index is 1.96. The molecule has 3 unspecified atom stereocenters. The zero-order chi connectivity index (χ0) is 14.5. The topological polar surface area (TPSA) is 66.6 Å². The van der Waals surface area contributed by atoms with Crippen molar-refractivity contribution >= 4 is 5.91 Å². The lowest BCUT2D eigenvalue weighted by molar-refractivity contribution is -0.132. The number of carbonyl (C=O) groups excluding carboxylic acids is 1. The average Bonchev–Trinajstić information content (AvgIpc) is 2.87. The van der Waals surface area contributed by atoms with E-state index in [2.05, 4.69) is 0 Å². The predicted molar refractivity (Wildman–Crippen MR) is 79.0 cm³/mol. The fraction of sp³-hybridized carbons (Fsp3) is 0.562. The Kier molecular flexibility index (Phi) is 5.15. The smallest absolute Gasteiger partial charge is 0.224 e. The summed E-state index contributed by atoms with van der Waals surface area (Å²) in [7, 11) is 0. The van der Waals surface area contributed by atoms with Crippen LogP contribution in [0.4, 0.5) is 0 Å². The summed E-state index contributed by atoms with van der Waals surface area (Å²) in [6.07, 6.45) is 2.46. The molecule has 1 fully saturated rings. The minimum Gasteiger partial charge on any atom is -0.388 e. The van der Waals surface area contributed by atoms with E-state index in [0.29, 0.717) is 12.8 Å². The van der Waals surface area contributed by atoms with Crippen LogP contribution >= 0.6 is 0 Å². The molecular formula is C16H24N2O2. The van der Waals surface area contributed by atoms with Crippen molar-refractivity contribution in [1.29, 1.82) is 0 Å². The van der Waals surface area contributed by atoms with Crippen LogP contribution in [0.25, 0.3) is 0 Å². The number of amides is 1. The highest BCUT2D eigenvalue weighted by molar-refractivity contribution is 5.77. The molecule has 0 aromatic heterocycles. The molecule has 1 saturated heterocycles. The summed E-state index contributed by atoms with van der Waals surface area (Å²) in [4.78, 5) is 14.0. The highest BCUT2D eigenvalue weighted by atomic mass is 16.3. The van der Waals surface area contributed by atoms with Gasteiger partial charge in [-0.15, -0.1) is 0 Å². The minimum atomic E-state index is -0.509. The maximum Gasteiger partial charge on any atom is 0.224 e. The molecule has 0 saturated carbocycles. The summed E-state index contributed by atoms with van der Waals surface area (Å²) in [6.45, 7) is 2.64. The normalized spacial score (nSPS) is 21.8. The van der Waals surface area contributed by atoms with Crippen molar-refractivity contribution < 1.29 is 9.90 Å². The van der Waals surface area contributed by atoms with E-state index in [-0.39, 0.29) is 18.0 Å². The minimum absolute atomic E-state index is 0.109. The second-order valence-electron chi connectivity index (χ2n) is 5.73. The van der Waals surface area contributed by atoms with Crippen molar-refractivity contribution in [1.82, 2.24) is 4.90 Å². The van der Waals surface area contributed by atoms with E-state index in [1.54, 1.807) is 0 Å². The second kappa shape index (κ2) is 6.86. The predicted octanol–water partition coefficient (Wildman–Crippen LogP) is 1.84. The molecule has 1 aliphatic heterocycles. The molecule has 0 aliphatic carbocycles. The molecule has 1 aromatic rings. The first-order valence-corrected chi connectivity index (χ1v) is 7.36. The summed E-state index contributed by atoms with van der Waals surface area (Å²) < 4.78 is 0. The van der Waals surface area contributed by atoms with Gasteiger partial charge < -0.3 is 15.7 Å². The monoisotopic (exact) mass is 276 g/mol. The lowest BCUT2D eigenvalue weighted by atomic mass is 10.0. The quantitative estimate of drug-likeness (QED) is 0.862. The molecule has 1 aliphatic rings. The lowest BCUT2D eigenvalue weighted by Gasteiger charge is -2.27. The Morgan fingerprint density at radius 1 is 1.45 bits per heavy atom. The number of hydrogen-bond acceptors (Lipinski definition) is 3. The van der Waals surface area contributed by atoms with Gasteiger partial charge in [-0.1, -0.05) is 30.3 Å². The highest BCUT2D eigenvalue weighted by Gasteiger charge is 2.30. The van der Waals surface area contributed by atoms with Gasteiger partial charge in [-0.25, -0.2) is 0 Å². The number of nitrogens with two attached hydrogens (primary N) is 1. The molecule has 4 nitrogen and oxygen atoms in total. The van der Waals surface area contributed by atoms with Gasteiger partial charge in [0.1, 0.15) is 0 Å². The molecule has 0 radical (unpaired) electrons. The van der Waals surface area contributed by atoms with E-state index in [1.165, 1.54) is 0 Å². The number of nitrogens with zero attached hydrogens (tertiary/aromatic N) is 1. The molecule has 1 aromatic carbocycles. The third-order valence-electron chi connectivity index (χ3n) is 3.87. The van der Waals surface area contributed by atoms with Crippen molar-refractivity contribution in [2.45, 2.75) is 50.8 Å². The fourth-order valence-electron chi connectivity index (χ4n) is 2.87. The van der Waals surface area contributed by atoms with Crippen LogP contribution in [0.2, 0.25) is 0 Å². The SMILES string of the molecule is CC(N)CC(=O)N1CCCC1CC(O)c1ccccc1. The molecule has 20 heavy (non-hydrogen) atoms. The van der Waals surface area contributed by atoms with Gasteiger partial charge in [0.05, 0.1) is 6.10 Å². The number of aliphatic hydroxyl groups is 1. The second-order valence-corrected chi connectivity index (χ2v) is 5.73. The Morgan fingerprint density at radius 3 is 2.80 bits per heavy atom. The van der Waals surface area contributed by atoms with Crippen LogP contribution in [-0.4, -0.2) is 34.5 Å². The third-order valence-corrected chi connectivity index (χ3v) is 3.87. The van der Waals surface area contributed by atoms with E-state index >= 15 is 0 Å². The molecule has 4 heteroatoms. The standard InChI is InChI=1S/C16H24N2O2/c1-12(17)10-16(20)18-9-5-8-14(18)11-15(19)13-6-3-2-4-7-13/h2-4,6-7,12,14-15,19H,5,8-11,17H2,1H3.